The lowest BCUT2D eigenvalue weighted by atomic mass is 10.1. The number of nitrogens with one attached hydrogen (secondary N) is 1. The van der Waals surface area contributed by atoms with Gasteiger partial charge in [0.15, 0.2) is 0 Å². The van der Waals surface area contributed by atoms with Crippen LogP contribution in [0, 0.1) is 26.7 Å². The van der Waals surface area contributed by atoms with Crippen molar-refractivity contribution in [1.82, 2.24) is 4.72 Å². The second-order valence-corrected chi connectivity index (χ2v) is 7.96. The average molecular weight is 369 g/mol. The standard InChI is InChI=1S/C18H27NO5S/c1-12(2)16(8-7-9-24-18(20)23-6)19-25(21,22)17-14(4)10-13(3)11-15(17)5/h7-8,10-12,16,19H,9H2,1-6H3/b8-7-/t16-/m1/s1. The van der Waals surface area contributed by atoms with Crippen LogP contribution in [0.3, 0.4) is 0 Å². The molecule has 7 heteroatoms. The van der Waals surface area contributed by atoms with Crippen LogP contribution in [-0.4, -0.2) is 34.3 Å². The molecule has 0 fully saturated rings. The van der Waals surface area contributed by atoms with Gasteiger partial charge in [-0.3, -0.25) is 0 Å². The lowest BCUT2D eigenvalue weighted by molar-refractivity contribution is 0.0817. The molecule has 6 nitrogen and oxygen atoms in total. The Bertz CT molecular complexity index is 715. The van der Waals surface area contributed by atoms with Gasteiger partial charge < -0.3 is 9.47 Å². The minimum absolute atomic E-state index is 0.0141. The van der Waals surface area contributed by atoms with Gasteiger partial charge >= 0.3 is 6.16 Å². The van der Waals surface area contributed by atoms with E-state index in [9.17, 15) is 13.2 Å². The Kier molecular flexibility index (Phi) is 7.63. The molecule has 0 aliphatic heterocycles. The normalized spacial score (nSPS) is 13.2. The maximum atomic E-state index is 12.8. The summed E-state index contributed by atoms with van der Waals surface area (Å²) in [4.78, 5) is 11.2. The van der Waals surface area contributed by atoms with E-state index in [1.807, 2.05) is 32.9 Å². The SMILES string of the molecule is COC(=O)OC/C=C\[C@@H](NS(=O)(=O)c1c(C)cc(C)cc1C)C(C)C. The first-order valence-corrected chi connectivity index (χ1v) is 9.54. The number of carbonyl (C=O) groups excluding carboxylic acids is 1. The van der Waals surface area contributed by atoms with E-state index in [1.165, 1.54) is 7.11 Å². The highest BCUT2D eigenvalue weighted by atomic mass is 32.2. The highest BCUT2D eigenvalue weighted by Gasteiger charge is 2.24. The molecule has 1 rings (SSSR count). The average Bonchev–Trinajstić information content (AvgIpc) is 2.48. The summed E-state index contributed by atoms with van der Waals surface area (Å²) in [6.07, 6.45) is 2.50. The topological polar surface area (TPSA) is 81.7 Å². The maximum absolute atomic E-state index is 12.8. The fourth-order valence-electron chi connectivity index (χ4n) is 2.60. The molecule has 0 aromatic heterocycles. The molecule has 0 bridgehead atoms. The van der Waals surface area contributed by atoms with Crippen LogP contribution >= 0.6 is 0 Å². The van der Waals surface area contributed by atoms with E-state index < -0.39 is 22.2 Å². The highest BCUT2D eigenvalue weighted by Crippen LogP contribution is 2.22. The third-order valence-electron chi connectivity index (χ3n) is 3.69. The van der Waals surface area contributed by atoms with Crippen LogP contribution in [0.1, 0.15) is 30.5 Å². The molecule has 1 aromatic rings. The van der Waals surface area contributed by atoms with Gasteiger partial charge in [-0.05, 0) is 43.9 Å². The van der Waals surface area contributed by atoms with Crippen molar-refractivity contribution in [3.8, 4) is 0 Å². The van der Waals surface area contributed by atoms with Crippen molar-refractivity contribution in [2.45, 2.75) is 45.6 Å². The van der Waals surface area contributed by atoms with E-state index in [0.29, 0.717) is 16.0 Å². The van der Waals surface area contributed by atoms with Gasteiger partial charge in [0, 0.05) is 6.04 Å². The first kappa shape index (κ1) is 21.2. The third kappa shape index (κ3) is 6.17. The van der Waals surface area contributed by atoms with E-state index >= 15 is 0 Å². The monoisotopic (exact) mass is 369 g/mol. The van der Waals surface area contributed by atoms with Gasteiger partial charge in [-0.1, -0.05) is 37.6 Å². The molecular formula is C18H27NO5S. The van der Waals surface area contributed by atoms with Crippen LogP contribution in [0.15, 0.2) is 29.2 Å². The molecule has 0 saturated carbocycles. The molecule has 0 aliphatic rings. The van der Waals surface area contributed by atoms with E-state index in [0.717, 1.165) is 5.56 Å². The van der Waals surface area contributed by atoms with Crippen molar-refractivity contribution < 1.29 is 22.7 Å². The number of carbonyl (C=O) groups is 1. The molecule has 0 heterocycles. The molecular weight excluding hydrogens is 342 g/mol. The van der Waals surface area contributed by atoms with E-state index in [-0.39, 0.29) is 12.5 Å². The van der Waals surface area contributed by atoms with Crippen LogP contribution < -0.4 is 4.72 Å². The van der Waals surface area contributed by atoms with Crippen molar-refractivity contribution in [2.75, 3.05) is 13.7 Å². The van der Waals surface area contributed by atoms with Crippen molar-refractivity contribution in [3.05, 3.63) is 41.0 Å². The first-order chi connectivity index (χ1) is 11.6. The number of hydrogen-bond acceptors (Lipinski definition) is 5. The molecule has 0 saturated heterocycles. The van der Waals surface area contributed by atoms with Crippen LogP contribution in [0.2, 0.25) is 0 Å². The Morgan fingerprint density at radius 2 is 1.76 bits per heavy atom. The van der Waals surface area contributed by atoms with E-state index in [1.54, 1.807) is 26.0 Å². The summed E-state index contributed by atoms with van der Waals surface area (Å²) < 4.78 is 37.5. The van der Waals surface area contributed by atoms with E-state index in [2.05, 4.69) is 9.46 Å². The smallest absolute Gasteiger partial charge is 0.438 e. The van der Waals surface area contributed by atoms with Crippen LogP contribution in [0.5, 0.6) is 0 Å². The van der Waals surface area contributed by atoms with Gasteiger partial charge in [0.25, 0.3) is 0 Å². The first-order valence-electron chi connectivity index (χ1n) is 8.06. The Labute approximate surface area is 150 Å². The third-order valence-corrected chi connectivity index (χ3v) is 5.45. The van der Waals surface area contributed by atoms with Crippen molar-refractivity contribution >= 4 is 16.2 Å². The summed E-state index contributed by atoms with van der Waals surface area (Å²) in [5.74, 6) is 0.0233. The summed E-state index contributed by atoms with van der Waals surface area (Å²) in [6.45, 7) is 9.35. The molecule has 1 atom stereocenters. The zero-order valence-corrected chi connectivity index (χ0v) is 16.4. The lowest BCUT2D eigenvalue weighted by Crippen LogP contribution is -2.37. The minimum Gasteiger partial charge on any atom is -0.438 e. The van der Waals surface area contributed by atoms with Crippen molar-refractivity contribution in [2.24, 2.45) is 5.92 Å². The Balaban J connectivity index is 2.98. The molecule has 1 N–H and O–H groups in total. The van der Waals surface area contributed by atoms with Crippen LogP contribution in [0.4, 0.5) is 4.79 Å². The molecule has 1 aromatic carbocycles. The molecule has 140 valence electrons. The fraction of sp³-hybridized carbons (Fsp3) is 0.500. The quantitative estimate of drug-likeness (QED) is 0.589. The number of ether oxygens (including phenoxy) is 2. The number of sulfonamides is 1. The van der Waals surface area contributed by atoms with Gasteiger partial charge in [0.2, 0.25) is 10.0 Å². The summed E-state index contributed by atoms with van der Waals surface area (Å²) in [7, 11) is -2.45. The molecule has 0 spiro atoms. The minimum atomic E-state index is -3.67. The van der Waals surface area contributed by atoms with Gasteiger partial charge in [-0.25, -0.2) is 17.9 Å². The molecule has 0 amide bonds. The maximum Gasteiger partial charge on any atom is 0.508 e. The summed E-state index contributed by atoms with van der Waals surface area (Å²) in [5, 5.41) is 0. The number of hydrogen-bond donors (Lipinski definition) is 1. The molecule has 0 unspecified atom stereocenters. The molecule has 25 heavy (non-hydrogen) atoms. The van der Waals surface area contributed by atoms with Crippen molar-refractivity contribution in [1.29, 1.82) is 0 Å². The lowest BCUT2D eigenvalue weighted by Gasteiger charge is -2.21. The van der Waals surface area contributed by atoms with Crippen LogP contribution in [0.25, 0.3) is 0 Å². The largest absolute Gasteiger partial charge is 0.508 e. The summed E-state index contributed by atoms with van der Waals surface area (Å²) in [6, 6.07) is 3.28. The Hall–Kier alpha value is -1.86. The van der Waals surface area contributed by atoms with Gasteiger partial charge in [0.1, 0.15) is 6.61 Å². The number of methoxy groups -OCH3 is 1. The zero-order chi connectivity index (χ0) is 19.2. The van der Waals surface area contributed by atoms with E-state index in [4.69, 9.17) is 4.74 Å². The predicted octanol–water partition coefficient (Wildman–Crippen LogP) is 3.25. The Morgan fingerprint density at radius 3 is 2.24 bits per heavy atom. The van der Waals surface area contributed by atoms with Gasteiger partial charge in [-0.2, -0.15) is 0 Å². The Morgan fingerprint density at radius 1 is 1.20 bits per heavy atom. The number of rotatable bonds is 7. The number of benzene rings is 1. The predicted molar refractivity (Wildman–Crippen MR) is 97.1 cm³/mol. The fourth-order valence-corrected chi connectivity index (χ4v) is 4.40. The summed E-state index contributed by atoms with van der Waals surface area (Å²) in [5.41, 5.74) is 2.45. The second kappa shape index (κ2) is 9.01. The highest BCUT2D eigenvalue weighted by molar-refractivity contribution is 7.89. The summed E-state index contributed by atoms with van der Waals surface area (Å²) >= 11 is 0. The molecule has 0 aliphatic carbocycles. The van der Waals surface area contributed by atoms with Gasteiger partial charge in [0.05, 0.1) is 12.0 Å². The second-order valence-electron chi connectivity index (χ2n) is 6.31. The van der Waals surface area contributed by atoms with Crippen molar-refractivity contribution in [3.63, 3.8) is 0 Å². The van der Waals surface area contributed by atoms with Crippen LogP contribution in [-0.2, 0) is 19.5 Å². The number of aryl methyl sites for hydroxylation is 3. The van der Waals surface area contributed by atoms with Gasteiger partial charge in [-0.15, -0.1) is 0 Å². The molecule has 0 radical (unpaired) electrons. The zero-order valence-electron chi connectivity index (χ0n) is 15.6.